The number of hydrogen-bond acceptors (Lipinski definition) is 4. The maximum absolute atomic E-state index is 10.3. The Morgan fingerprint density at radius 2 is 2.09 bits per heavy atom. The molecule has 0 aliphatic heterocycles. The van der Waals surface area contributed by atoms with E-state index in [9.17, 15) is 9.59 Å². The smallest absolute Gasteiger partial charge is 0.349 e. The first-order valence-corrected chi connectivity index (χ1v) is 2.66. The second-order valence-electron chi connectivity index (χ2n) is 1.58. The number of carbonyl (C=O) groups excluding carboxylic acids is 1. The first kappa shape index (κ1) is 9.60. The number of nitrogens with one attached hydrogen (secondary N) is 2. The number of aliphatic hydroxyl groups is 1. The average molecular weight is 160 g/mol. The minimum absolute atomic E-state index is 0.620. The van der Waals surface area contributed by atoms with Gasteiger partial charge in [0, 0.05) is 0 Å². The minimum Gasteiger partial charge on any atom is -0.478 e. The molecule has 0 saturated heterocycles. The molecule has 0 saturated carbocycles. The minimum atomic E-state index is -1.81. The molecule has 0 rings (SSSR count). The van der Waals surface area contributed by atoms with Crippen LogP contribution in [0.1, 0.15) is 0 Å². The lowest BCUT2D eigenvalue weighted by atomic mass is 10.6. The Hall–Kier alpha value is -1.40. The number of hydrogen-bond donors (Lipinski definition) is 4. The first-order valence-electron chi connectivity index (χ1n) is 2.66. The fraction of sp³-hybridized carbons (Fsp3) is 0.200. The van der Waals surface area contributed by atoms with Gasteiger partial charge in [-0.25, -0.2) is 4.79 Å². The molecule has 4 N–H and O–H groups in total. The molecule has 11 heavy (non-hydrogen) atoms. The normalized spacial score (nSPS) is 11.7. The van der Waals surface area contributed by atoms with E-state index in [1.165, 1.54) is 0 Å². The zero-order chi connectivity index (χ0) is 8.85. The van der Waals surface area contributed by atoms with E-state index in [1.807, 2.05) is 10.9 Å². The van der Waals surface area contributed by atoms with Crippen LogP contribution in [0.5, 0.6) is 0 Å². The standard InChI is InChI=1S/C5H8N2O4/c1-2-3(8)6-7-4(9)5(10)11/h2,4,7,9H,1H2,(H,6,8)(H,10,11). The summed E-state index contributed by atoms with van der Waals surface area (Å²) >= 11 is 0. The third-order valence-corrected chi connectivity index (χ3v) is 0.751. The van der Waals surface area contributed by atoms with Crippen LogP contribution < -0.4 is 10.9 Å². The fourth-order valence-corrected chi connectivity index (χ4v) is 0.252. The molecule has 0 bridgehead atoms. The van der Waals surface area contributed by atoms with E-state index in [-0.39, 0.29) is 0 Å². The van der Waals surface area contributed by atoms with Crippen LogP contribution in [0.3, 0.4) is 0 Å². The number of rotatable bonds is 4. The Balaban J connectivity index is 3.62. The van der Waals surface area contributed by atoms with Crippen LogP contribution in [0.25, 0.3) is 0 Å². The average Bonchev–Trinajstić information content (AvgIpc) is 1.99. The number of amides is 1. The van der Waals surface area contributed by atoms with Crippen LogP contribution in [0.2, 0.25) is 0 Å². The van der Waals surface area contributed by atoms with Crippen molar-refractivity contribution in [2.45, 2.75) is 6.23 Å². The number of carbonyl (C=O) groups is 2. The zero-order valence-corrected chi connectivity index (χ0v) is 5.57. The van der Waals surface area contributed by atoms with E-state index in [2.05, 4.69) is 6.58 Å². The second kappa shape index (κ2) is 4.42. The van der Waals surface area contributed by atoms with Crippen molar-refractivity contribution in [2.75, 3.05) is 0 Å². The maximum Gasteiger partial charge on any atom is 0.349 e. The highest BCUT2D eigenvalue weighted by Gasteiger charge is 2.11. The molecular weight excluding hydrogens is 152 g/mol. The molecule has 0 aromatic carbocycles. The largest absolute Gasteiger partial charge is 0.478 e. The van der Waals surface area contributed by atoms with Gasteiger partial charge in [-0.1, -0.05) is 6.58 Å². The monoisotopic (exact) mass is 160 g/mol. The summed E-state index contributed by atoms with van der Waals surface area (Å²) in [5, 5.41) is 16.6. The van der Waals surface area contributed by atoms with Gasteiger partial charge in [-0.15, -0.1) is 0 Å². The number of aliphatic hydroxyl groups excluding tert-OH is 1. The Morgan fingerprint density at radius 1 is 1.55 bits per heavy atom. The predicted molar refractivity (Wildman–Crippen MR) is 35.1 cm³/mol. The van der Waals surface area contributed by atoms with Crippen molar-refractivity contribution in [1.82, 2.24) is 10.9 Å². The lowest BCUT2D eigenvalue weighted by Gasteiger charge is -2.06. The van der Waals surface area contributed by atoms with E-state index in [4.69, 9.17) is 10.2 Å². The summed E-state index contributed by atoms with van der Waals surface area (Å²) in [5.74, 6) is -2.10. The van der Waals surface area contributed by atoms with Gasteiger partial charge in [0.2, 0.25) is 6.23 Å². The topological polar surface area (TPSA) is 98.7 Å². The van der Waals surface area contributed by atoms with Crippen molar-refractivity contribution in [3.63, 3.8) is 0 Å². The van der Waals surface area contributed by atoms with E-state index < -0.39 is 18.1 Å². The van der Waals surface area contributed by atoms with Crippen molar-refractivity contribution < 1.29 is 19.8 Å². The van der Waals surface area contributed by atoms with E-state index >= 15 is 0 Å². The van der Waals surface area contributed by atoms with Crippen LogP contribution >= 0.6 is 0 Å². The molecular formula is C5H8N2O4. The van der Waals surface area contributed by atoms with Gasteiger partial charge in [-0.05, 0) is 6.08 Å². The SMILES string of the molecule is C=CC(=O)NNC(O)C(=O)O. The quantitative estimate of drug-likeness (QED) is 0.221. The summed E-state index contributed by atoms with van der Waals surface area (Å²) in [6, 6.07) is 0. The number of carboxylic acids is 1. The molecule has 0 aromatic heterocycles. The molecule has 0 heterocycles. The lowest BCUT2D eigenvalue weighted by molar-refractivity contribution is -0.149. The summed E-state index contributed by atoms with van der Waals surface area (Å²) in [6.45, 7) is 3.10. The van der Waals surface area contributed by atoms with Crippen molar-refractivity contribution in [1.29, 1.82) is 0 Å². The van der Waals surface area contributed by atoms with Gasteiger partial charge >= 0.3 is 5.97 Å². The van der Waals surface area contributed by atoms with Gasteiger partial charge in [0.1, 0.15) is 0 Å². The molecule has 0 fully saturated rings. The molecule has 6 nitrogen and oxygen atoms in total. The Kier molecular flexibility index (Phi) is 3.86. The first-order chi connectivity index (χ1) is 5.07. The molecule has 6 heteroatoms. The van der Waals surface area contributed by atoms with Gasteiger partial charge < -0.3 is 10.2 Å². The highest BCUT2D eigenvalue weighted by molar-refractivity contribution is 5.86. The Labute approximate surface area is 62.5 Å². The van der Waals surface area contributed by atoms with Crippen LogP contribution in [0, 0.1) is 0 Å². The third kappa shape index (κ3) is 4.06. The van der Waals surface area contributed by atoms with Crippen molar-refractivity contribution in [3.8, 4) is 0 Å². The maximum atomic E-state index is 10.3. The van der Waals surface area contributed by atoms with E-state index in [0.29, 0.717) is 0 Å². The van der Waals surface area contributed by atoms with Gasteiger partial charge in [0.15, 0.2) is 0 Å². The third-order valence-electron chi connectivity index (χ3n) is 0.751. The van der Waals surface area contributed by atoms with Crippen molar-refractivity contribution in [2.24, 2.45) is 0 Å². The molecule has 0 aliphatic rings. The highest BCUT2D eigenvalue weighted by atomic mass is 16.4. The van der Waals surface area contributed by atoms with Crippen LogP contribution in [0.15, 0.2) is 12.7 Å². The zero-order valence-electron chi connectivity index (χ0n) is 5.57. The van der Waals surface area contributed by atoms with Gasteiger partial charge in [-0.2, -0.15) is 5.43 Å². The van der Waals surface area contributed by atoms with Crippen molar-refractivity contribution >= 4 is 11.9 Å². The number of hydrazine groups is 1. The van der Waals surface area contributed by atoms with Gasteiger partial charge in [0.25, 0.3) is 5.91 Å². The van der Waals surface area contributed by atoms with Crippen LogP contribution in [-0.4, -0.2) is 28.3 Å². The molecule has 1 amide bonds. The van der Waals surface area contributed by atoms with Crippen LogP contribution in [0.4, 0.5) is 0 Å². The fourth-order valence-electron chi connectivity index (χ4n) is 0.252. The van der Waals surface area contributed by atoms with Gasteiger partial charge in [0.05, 0.1) is 0 Å². The Morgan fingerprint density at radius 3 is 2.45 bits per heavy atom. The lowest BCUT2D eigenvalue weighted by Crippen LogP contribution is -2.47. The number of carboxylic acid groups (broad SMARTS) is 1. The second-order valence-corrected chi connectivity index (χ2v) is 1.58. The summed E-state index contributed by atoms with van der Waals surface area (Å²) in [4.78, 5) is 20.3. The van der Waals surface area contributed by atoms with Crippen LogP contribution in [-0.2, 0) is 9.59 Å². The molecule has 0 aromatic rings. The number of aliphatic carboxylic acids is 1. The summed E-state index contributed by atoms with van der Waals surface area (Å²) in [5.41, 5.74) is 3.69. The van der Waals surface area contributed by atoms with Gasteiger partial charge in [-0.3, -0.25) is 10.2 Å². The molecule has 0 spiro atoms. The van der Waals surface area contributed by atoms with E-state index in [0.717, 1.165) is 6.08 Å². The van der Waals surface area contributed by atoms with E-state index in [1.54, 1.807) is 0 Å². The highest BCUT2D eigenvalue weighted by Crippen LogP contribution is 1.72. The Bertz CT molecular complexity index is 179. The molecule has 0 radical (unpaired) electrons. The molecule has 62 valence electrons. The summed E-state index contributed by atoms with van der Waals surface area (Å²) < 4.78 is 0. The molecule has 1 atom stereocenters. The predicted octanol–water partition coefficient (Wildman–Crippen LogP) is -1.80. The summed E-state index contributed by atoms with van der Waals surface area (Å²) in [6.07, 6.45) is -0.874. The molecule has 1 unspecified atom stereocenters. The molecule has 0 aliphatic carbocycles. The van der Waals surface area contributed by atoms with Crippen molar-refractivity contribution in [3.05, 3.63) is 12.7 Å². The summed E-state index contributed by atoms with van der Waals surface area (Å²) in [7, 11) is 0.